The van der Waals surface area contributed by atoms with Crippen LogP contribution in [0.2, 0.25) is 0 Å². The van der Waals surface area contributed by atoms with Gasteiger partial charge in [0.15, 0.2) is 0 Å². The van der Waals surface area contributed by atoms with Crippen LogP contribution in [0, 0.1) is 17.3 Å². The van der Waals surface area contributed by atoms with E-state index >= 15 is 0 Å². The maximum atomic E-state index is 12.5. The minimum atomic E-state index is 0.0571. The summed E-state index contributed by atoms with van der Waals surface area (Å²) in [5.41, 5.74) is 0.0571. The fourth-order valence-corrected chi connectivity index (χ4v) is 4.39. The Bertz CT molecular complexity index is 591. The van der Waals surface area contributed by atoms with Crippen LogP contribution >= 0.6 is 0 Å². The van der Waals surface area contributed by atoms with E-state index in [0.717, 1.165) is 44.5 Å². The largest absolute Gasteiger partial charge is 0.467 e. The third kappa shape index (κ3) is 2.77. The lowest BCUT2D eigenvalue weighted by atomic mass is 10.0. The Kier molecular flexibility index (Phi) is 3.66. The van der Waals surface area contributed by atoms with Crippen molar-refractivity contribution in [1.82, 2.24) is 10.2 Å². The Balaban J connectivity index is 1.29. The van der Waals surface area contributed by atoms with Crippen LogP contribution in [0.4, 0.5) is 0 Å². The molecule has 1 aliphatic heterocycles. The summed E-state index contributed by atoms with van der Waals surface area (Å²) in [5, 5.41) is 2.96. The zero-order valence-corrected chi connectivity index (χ0v) is 13.4. The summed E-state index contributed by atoms with van der Waals surface area (Å²) in [7, 11) is 0. The van der Waals surface area contributed by atoms with Crippen LogP contribution in [0.25, 0.3) is 0 Å². The van der Waals surface area contributed by atoms with Gasteiger partial charge >= 0.3 is 0 Å². The first kappa shape index (κ1) is 14.8. The molecule has 4 rings (SSSR count). The zero-order valence-electron chi connectivity index (χ0n) is 13.4. The van der Waals surface area contributed by atoms with Gasteiger partial charge in [-0.2, -0.15) is 0 Å². The quantitative estimate of drug-likeness (QED) is 0.927. The molecule has 2 saturated carbocycles. The number of hydrogen-bond donors (Lipinski definition) is 1. The maximum Gasteiger partial charge on any atom is 0.225 e. The van der Waals surface area contributed by atoms with Gasteiger partial charge in [0.25, 0.3) is 0 Å². The third-order valence-corrected chi connectivity index (χ3v) is 5.92. The summed E-state index contributed by atoms with van der Waals surface area (Å²) < 4.78 is 5.24. The van der Waals surface area contributed by atoms with Crippen LogP contribution in [0.1, 0.15) is 44.3 Å². The van der Waals surface area contributed by atoms with Gasteiger partial charge in [0.2, 0.25) is 11.8 Å². The van der Waals surface area contributed by atoms with Crippen molar-refractivity contribution in [2.75, 3.05) is 13.1 Å². The molecule has 1 spiro atoms. The van der Waals surface area contributed by atoms with E-state index in [0.29, 0.717) is 12.5 Å². The number of carbonyl (C=O) groups is 2. The number of nitrogens with one attached hydrogen (secondary N) is 1. The van der Waals surface area contributed by atoms with E-state index < -0.39 is 0 Å². The summed E-state index contributed by atoms with van der Waals surface area (Å²) in [6.45, 7) is 2.06. The normalized spacial score (nSPS) is 30.1. The van der Waals surface area contributed by atoms with E-state index in [-0.39, 0.29) is 23.2 Å². The Morgan fingerprint density at radius 1 is 1.35 bits per heavy atom. The van der Waals surface area contributed by atoms with Crippen molar-refractivity contribution in [3.05, 3.63) is 24.2 Å². The van der Waals surface area contributed by atoms with Crippen LogP contribution in [-0.2, 0) is 16.1 Å². The lowest BCUT2D eigenvalue weighted by Crippen LogP contribution is -2.34. The van der Waals surface area contributed by atoms with Crippen molar-refractivity contribution in [2.24, 2.45) is 17.3 Å². The van der Waals surface area contributed by atoms with E-state index in [1.54, 1.807) is 6.26 Å². The fourth-order valence-electron chi connectivity index (χ4n) is 4.39. The van der Waals surface area contributed by atoms with Crippen molar-refractivity contribution < 1.29 is 14.0 Å². The lowest BCUT2D eigenvalue weighted by Gasteiger charge is -2.20. The van der Waals surface area contributed by atoms with Crippen LogP contribution in [0.3, 0.4) is 0 Å². The maximum absolute atomic E-state index is 12.5. The lowest BCUT2D eigenvalue weighted by molar-refractivity contribution is -0.134. The molecule has 23 heavy (non-hydrogen) atoms. The summed E-state index contributed by atoms with van der Waals surface area (Å²) >= 11 is 0. The van der Waals surface area contributed by atoms with E-state index in [1.807, 2.05) is 17.0 Å². The molecule has 0 radical (unpaired) electrons. The van der Waals surface area contributed by atoms with Gasteiger partial charge in [-0.15, -0.1) is 0 Å². The molecule has 0 unspecified atom stereocenters. The first-order chi connectivity index (χ1) is 11.2. The monoisotopic (exact) mass is 316 g/mol. The predicted octanol–water partition coefficient (Wildman–Crippen LogP) is 2.32. The van der Waals surface area contributed by atoms with E-state index in [4.69, 9.17) is 4.42 Å². The summed E-state index contributed by atoms with van der Waals surface area (Å²) in [6.07, 6.45) is 7.99. The van der Waals surface area contributed by atoms with Crippen LogP contribution in [0.15, 0.2) is 22.8 Å². The molecule has 124 valence electrons. The Morgan fingerprint density at radius 3 is 2.91 bits per heavy atom. The number of amides is 2. The average molecular weight is 316 g/mol. The number of furan rings is 1. The van der Waals surface area contributed by atoms with Crippen molar-refractivity contribution in [3.8, 4) is 0 Å². The van der Waals surface area contributed by atoms with E-state index in [1.165, 1.54) is 12.8 Å². The van der Waals surface area contributed by atoms with Crippen molar-refractivity contribution in [1.29, 1.82) is 0 Å². The number of rotatable bonds is 4. The highest BCUT2D eigenvalue weighted by Gasteiger charge is 2.61. The molecule has 2 aliphatic carbocycles. The van der Waals surface area contributed by atoms with Gasteiger partial charge in [-0.05, 0) is 37.8 Å². The van der Waals surface area contributed by atoms with Gasteiger partial charge in [0.1, 0.15) is 5.76 Å². The Morgan fingerprint density at radius 2 is 2.17 bits per heavy atom. The summed E-state index contributed by atoms with van der Waals surface area (Å²) in [6, 6.07) is 3.68. The molecule has 1 saturated heterocycles. The molecule has 1 N–H and O–H groups in total. The highest BCUT2D eigenvalue weighted by molar-refractivity contribution is 5.84. The SMILES string of the molecule is O=C(NCc1ccco1)[C@H]1C[C@@]12CCN(C(=O)C1CCCC1)C2. The Hall–Kier alpha value is -1.78. The van der Waals surface area contributed by atoms with Gasteiger partial charge in [-0.1, -0.05) is 12.8 Å². The van der Waals surface area contributed by atoms with Gasteiger partial charge < -0.3 is 14.6 Å². The number of carbonyl (C=O) groups excluding carboxylic acids is 2. The van der Waals surface area contributed by atoms with Gasteiger partial charge in [-0.25, -0.2) is 0 Å². The van der Waals surface area contributed by atoms with Crippen LogP contribution in [-0.4, -0.2) is 29.8 Å². The summed E-state index contributed by atoms with van der Waals surface area (Å²) in [5.74, 6) is 1.53. The Labute approximate surface area is 136 Å². The highest BCUT2D eigenvalue weighted by atomic mass is 16.3. The molecule has 2 amide bonds. The molecule has 2 atom stereocenters. The average Bonchev–Trinajstić information content (AvgIpc) is 3.07. The molecule has 5 heteroatoms. The second-order valence-corrected chi connectivity index (χ2v) is 7.41. The van der Waals surface area contributed by atoms with Crippen LogP contribution in [0.5, 0.6) is 0 Å². The van der Waals surface area contributed by atoms with Crippen LogP contribution < -0.4 is 5.32 Å². The molecule has 3 aliphatic rings. The minimum Gasteiger partial charge on any atom is -0.467 e. The molecule has 1 aromatic rings. The second-order valence-electron chi connectivity index (χ2n) is 7.41. The zero-order chi connectivity index (χ0) is 15.9. The topological polar surface area (TPSA) is 62.6 Å². The smallest absolute Gasteiger partial charge is 0.225 e. The first-order valence-corrected chi connectivity index (χ1v) is 8.77. The number of nitrogens with zero attached hydrogens (tertiary/aromatic N) is 1. The number of likely N-dealkylation sites (tertiary alicyclic amines) is 1. The second kappa shape index (κ2) is 5.69. The standard InChI is InChI=1S/C18H24N2O3/c21-16(19-11-14-6-3-9-23-14)15-10-18(15)7-8-20(12-18)17(22)13-4-1-2-5-13/h3,6,9,13,15H,1-2,4-5,7-8,10-12H2,(H,19,21)/t15-,18-/m1/s1. The molecule has 1 aromatic heterocycles. The van der Waals surface area contributed by atoms with E-state index in [2.05, 4.69) is 5.32 Å². The first-order valence-electron chi connectivity index (χ1n) is 8.77. The van der Waals surface area contributed by atoms with Crippen molar-refractivity contribution >= 4 is 11.8 Å². The summed E-state index contributed by atoms with van der Waals surface area (Å²) in [4.78, 5) is 26.9. The highest BCUT2D eigenvalue weighted by Crippen LogP contribution is 2.58. The molecule has 2 heterocycles. The molecule has 0 bridgehead atoms. The van der Waals surface area contributed by atoms with Crippen molar-refractivity contribution in [2.45, 2.75) is 45.1 Å². The fraction of sp³-hybridized carbons (Fsp3) is 0.667. The molecular formula is C18H24N2O3. The third-order valence-electron chi connectivity index (χ3n) is 5.92. The molecule has 0 aromatic carbocycles. The minimum absolute atomic E-state index is 0.0571. The van der Waals surface area contributed by atoms with Gasteiger partial charge in [-0.3, -0.25) is 9.59 Å². The molecular weight excluding hydrogens is 292 g/mol. The molecule has 3 fully saturated rings. The van der Waals surface area contributed by atoms with Crippen molar-refractivity contribution in [3.63, 3.8) is 0 Å². The molecule has 5 nitrogen and oxygen atoms in total. The predicted molar refractivity (Wildman–Crippen MR) is 84.2 cm³/mol. The van der Waals surface area contributed by atoms with Gasteiger partial charge in [0, 0.05) is 30.3 Å². The van der Waals surface area contributed by atoms with Gasteiger partial charge in [0.05, 0.1) is 12.8 Å². The number of hydrogen-bond acceptors (Lipinski definition) is 3. The van der Waals surface area contributed by atoms with E-state index in [9.17, 15) is 9.59 Å².